The number of ether oxygens (including phenoxy) is 2. The minimum absolute atomic E-state index is 0.249. The summed E-state index contributed by atoms with van der Waals surface area (Å²) in [6.07, 6.45) is 2.29. The maximum Gasteiger partial charge on any atom is 0.330 e. The van der Waals surface area contributed by atoms with Crippen molar-refractivity contribution >= 4 is 11.8 Å². The Hall–Kier alpha value is -2.10. The van der Waals surface area contributed by atoms with E-state index in [1.165, 1.54) is 13.2 Å². The molecule has 0 atom stereocenters. The number of methoxy groups -OCH3 is 1. The Kier molecular flexibility index (Phi) is 5.79. The van der Waals surface area contributed by atoms with Crippen molar-refractivity contribution in [1.29, 1.82) is 0 Å². The molecule has 19 heavy (non-hydrogen) atoms. The van der Waals surface area contributed by atoms with Gasteiger partial charge in [0.25, 0.3) is 0 Å². The number of rotatable bonds is 6. The molecular formula is C15H18O4. The van der Waals surface area contributed by atoms with Crippen molar-refractivity contribution < 1.29 is 19.1 Å². The lowest BCUT2D eigenvalue weighted by atomic mass is 10.1. The average Bonchev–Trinajstić information content (AvgIpc) is 2.42. The molecule has 0 aliphatic heterocycles. The van der Waals surface area contributed by atoms with E-state index in [1.807, 2.05) is 0 Å². The standard InChI is InChI=1S/C15H18O4/c1-11(2)10-19-13-6-4-12(5-7-13)14(16)8-9-15(17)18-3/h4-9,11H,10H2,1-3H3/b9-8+. The Balaban J connectivity index is 2.63. The van der Waals surface area contributed by atoms with Crippen LogP contribution in [0.15, 0.2) is 36.4 Å². The molecule has 102 valence electrons. The zero-order valence-corrected chi connectivity index (χ0v) is 11.4. The molecule has 0 radical (unpaired) electrons. The second kappa shape index (κ2) is 7.36. The smallest absolute Gasteiger partial charge is 0.330 e. The van der Waals surface area contributed by atoms with Gasteiger partial charge < -0.3 is 9.47 Å². The van der Waals surface area contributed by atoms with Crippen molar-refractivity contribution in [2.45, 2.75) is 13.8 Å². The largest absolute Gasteiger partial charge is 0.493 e. The van der Waals surface area contributed by atoms with Crippen LogP contribution in [0.4, 0.5) is 0 Å². The summed E-state index contributed by atoms with van der Waals surface area (Å²) in [5.74, 6) is 0.373. The maximum atomic E-state index is 11.7. The van der Waals surface area contributed by atoms with Gasteiger partial charge in [-0.1, -0.05) is 13.8 Å². The molecule has 0 N–H and O–H groups in total. The highest BCUT2D eigenvalue weighted by Crippen LogP contribution is 2.14. The Labute approximate surface area is 113 Å². The second-order valence-corrected chi connectivity index (χ2v) is 4.45. The number of hydrogen-bond acceptors (Lipinski definition) is 4. The fourth-order valence-corrected chi connectivity index (χ4v) is 1.29. The molecule has 1 rings (SSSR count). The molecule has 0 spiro atoms. The Bertz CT molecular complexity index is 458. The van der Waals surface area contributed by atoms with Crippen LogP contribution in [-0.2, 0) is 9.53 Å². The molecule has 0 aromatic heterocycles. The maximum absolute atomic E-state index is 11.7. The minimum Gasteiger partial charge on any atom is -0.493 e. The summed E-state index contributed by atoms with van der Waals surface area (Å²) in [7, 11) is 1.26. The number of carbonyl (C=O) groups is 2. The van der Waals surface area contributed by atoms with E-state index in [2.05, 4.69) is 18.6 Å². The zero-order valence-electron chi connectivity index (χ0n) is 11.4. The van der Waals surface area contributed by atoms with Gasteiger partial charge in [-0.25, -0.2) is 4.79 Å². The van der Waals surface area contributed by atoms with Crippen molar-refractivity contribution in [3.05, 3.63) is 42.0 Å². The van der Waals surface area contributed by atoms with Gasteiger partial charge in [-0.3, -0.25) is 4.79 Å². The van der Waals surface area contributed by atoms with Gasteiger partial charge >= 0.3 is 5.97 Å². The Morgan fingerprint density at radius 3 is 2.32 bits per heavy atom. The second-order valence-electron chi connectivity index (χ2n) is 4.45. The highest BCUT2D eigenvalue weighted by Gasteiger charge is 2.04. The van der Waals surface area contributed by atoms with Crippen LogP contribution in [0.5, 0.6) is 5.75 Å². The molecule has 4 nitrogen and oxygen atoms in total. The quantitative estimate of drug-likeness (QED) is 0.449. The molecule has 0 unspecified atom stereocenters. The average molecular weight is 262 g/mol. The van der Waals surface area contributed by atoms with Gasteiger partial charge in [0.2, 0.25) is 0 Å². The van der Waals surface area contributed by atoms with E-state index in [1.54, 1.807) is 24.3 Å². The molecule has 1 aromatic carbocycles. The van der Waals surface area contributed by atoms with Gasteiger partial charge in [0, 0.05) is 11.6 Å². The van der Waals surface area contributed by atoms with Crippen LogP contribution >= 0.6 is 0 Å². The van der Waals surface area contributed by atoms with E-state index < -0.39 is 5.97 Å². The van der Waals surface area contributed by atoms with E-state index in [-0.39, 0.29) is 5.78 Å². The molecule has 0 heterocycles. The third-order valence-electron chi connectivity index (χ3n) is 2.29. The summed E-state index contributed by atoms with van der Waals surface area (Å²) in [5.41, 5.74) is 0.497. The number of benzene rings is 1. The van der Waals surface area contributed by atoms with Gasteiger partial charge in [0.05, 0.1) is 13.7 Å². The summed E-state index contributed by atoms with van der Waals surface area (Å²) in [6.45, 7) is 4.76. The number of allylic oxidation sites excluding steroid dienone is 1. The molecule has 0 bridgehead atoms. The van der Waals surface area contributed by atoms with Crippen molar-refractivity contribution in [2.24, 2.45) is 5.92 Å². The molecule has 0 saturated carbocycles. The highest BCUT2D eigenvalue weighted by atomic mass is 16.5. The van der Waals surface area contributed by atoms with Crippen LogP contribution in [0.25, 0.3) is 0 Å². The molecule has 0 aliphatic carbocycles. The molecule has 0 amide bonds. The first-order valence-corrected chi connectivity index (χ1v) is 6.06. The lowest BCUT2D eigenvalue weighted by molar-refractivity contribution is -0.134. The molecule has 4 heteroatoms. The fourth-order valence-electron chi connectivity index (χ4n) is 1.29. The summed E-state index contributed by atoms with van der Waals surface area (Å²) in [5, 5.41) is 0. The predicted molar refractivity (Wildman–Crippen MR) is 72.3 cm³/mol. The van der Waals surface area contributed by atoms with Crippen molar-refractivity contribution in [3.63, 3.8) is 0 Å². The number of esters is 1. The molecule has 1 aromatic rings. The van der Waals surface area contributed by atoms with E-state index in [9.17, 15) is 9.59 Å². The van der Waals surface area contributed by atoms with Gasteiger partial charge in [0.15, 0.2) is 5.78 Å². The predicted octanol–water partition coefficient (Wildman–Crippen LogP) is 2.63. The molecule has 0 aliphatic rings. The zero-order chi connectivity index (χ0) is 14.3. The van der Waals surface area contributed by atoms with Crippen molar-refractivity contribution in [2.75, 3.05) is 13.7 Å². The Morgan fingerprint density at radius 2 is 1.79 bits per heavy atom. The number of carbonyl (C=O) groups excluding carboxylic acids is 2. The summed E-state index contributed by atoms with van der Waals surface area (Å²) in [4.78, 5) is 22.6. The van der Waals surface area contributed by atoms with Crippen LogP contribution < -0.4 is 4.74 Å². The van der Waals surface area contributed by atoms with Crippen LogP contribution in [0.3, 0.4) is 0 Å². The monoisotopic (exact) mass is 262 g/mol. The van der Waals surface area contributed by atoms with Crippen LogP contribution in [-0.4, -0.2) is 25.5 Å². The highest BCUT2D eigenvalue weighted by molar-refractivity contribution is 6.07. The normalized spacial score (nSPS) is 10.7. The lowest BCUT2D eigenvalue weighted by Gasteiger charge is -2.08. The van der Waals surface area contributed by atoms with E-state index in [0.717, 1.165) is 11.8 Å². The van der Waals surface area contributed by atoms with E-state index in [4.69, 9.17) is 4.74 Å². The van der Waals surface area contributed by atoms with Gasteiger partial charge in [-0.05, 0) is 36.3 Å². The lowest BCUT2D eigenvalue weighted by Crippen LogP contribution is -2.04. The van der Waals surface area contributed by atoms with Crippen LogP contribution in [0.1, 0.15) is 24.2 Å². The first-order chi connectivity index (χ1) is 9.02. The number of ketones is 1. The van der Waals surface area contributed by atoms with Gasteiger partial charge in [-0.15, -0.1) is 0 Å². The number of hydrogen-bond donors (Lipinski definition) is 0. The first-order valence-electron chi connectivity index (χ1n) is 6.06. The van der Waals surface area contributed by atoms with E-state index in [0.29, 0.717) is 18.1 Å². The molecule has 0 fully saturated rings. The topological polar surface area (TPSA) is 52.6 Å². The first kappa shape index (κ1) is 15.0. The molecule has 0 saturated heterocycles. The van der Waals surface area contributed by atoms with Crippen molar-refractivity contribution in [1.82, 2.24) is 0 Å². The third kappa shape index (κ3) is 5.38. The van der Waals surface area contributed by atoms with E-state index >= 15 is 0 Å². The van der Waals surface area contributed by atoms with Gasteiger partial charge in [0.1, 0.15) is 5.75 Å². The van der Waals surface area contributed by atoms with Crippen LogP contribution in [0, 0.1) is 5.92 Å². The minimum atomic E-state index is -0.551. The van der Waals surface area contributed by atoms with Crippen molar-refractivity contribution in [3.8, 4) is 5.75 Å². The molecular weight excluding hydrogens is 244 g/mol. The Morgan fingerprint density at radius 1 is 1.16 bits per heavy atom. The summed E-state index contributed by atoms with van der Waals surface area (Å²) < 4.78 is 9.93. The summed E-state index contributed by atoms with van der Waals surface area (Å²) >= 11 is 0. The third-order valence-corrected chi connectivity index (χ3v) is 2.29. The van der Waals surface area contributed by atoms with Gasteiger partial charge in [-0.2, -0.15) is 0 Å². The fraction of sp³-hybridized carbons (Fsp3) is 0.333. The van der Waals surface area contributed by atoms with Crippen LogP contribution in [0.2, 0.25) is 0 Å². The summed E-state index contributed by atoms with van der Waals surface area (Å²) in [6, 6.07) is 6.81. The SMILES string of the molecule is COC(=O)/C=C/C(=O)c1ccc(OCC(C)C)cc1.